The molecule has 86 valence electrons. The summed E-state index contributed by atoms with van der Waals surface area (Å²) >= 11 is 8.03. The van der Waals surface area contributed by atoms with Gasteiger partial charge in [0.15, 0.2) is 0 Å². The van der Waals surface area contributed by atoms with Crippen LogP contribution in [0.4, 0.5) is 0 Å². The molecule has 0 radical (unpaired) electrons. The highest BCUT2D eigenvalue weighted by atomic mass is 32.2. The van der Waals surface area contributed by atoms with Crippen LogP contribution in [-0.4, -0.2) is 32.3 Å². The Hall–Kier alpha value is 0.610. The second-order valence-corrected chi connectivity index (χ2v) is 5.60. The van der Waals surface area contributed by atoms with Crippen molar-refractivity contribution >= 4 is 35.4 Å². The van der Waals surface area contributed by atoms with E-state index in [2.05, 4.69) is 25.3 Å². The molecule has 3 nitrogen and oxygen atoms in total. The summed E-state index contributed by atoms with van der Waals surface area (Å²) < 4.78 is 27.2. The highest BCUT2D eigenvalue weighted by Crippen LogP contribution is 2.02. The fourth-order valence-electron chi connectivity index (χ4n) is 0.849. The second-order valence-electron chi connectivity index (χ2n) is 2.95. The molecule has 0 unspecified atom stereocenters. The van der Waals surface area contributed by atoms with Crippen molar-refractivity contribution in [3.8, 4) is 0 Å². The van der Waals surface area contributed by atoms with E-state index in [1.807, 2.05) is 0 Å². The zero-order valence-electron chi connectivity index (χ0n) is 8.18. The van der Waals surface area contributed by atoms with Crippen LogP contribution in [0.15, 0.2) is 0 Å². The Labute approximate surface area is 97.6 Å². The summed E-state index contributed by atoms with van der Waals surface area (Å²) in [4.78, 5) is 0. The van der Waals surface area contributed by atoms with E-state index in [0.717, 1.165) is 30.8 Å². The molecule has 0 rings (SSSR count). The van der Waals surface area contributed by atoms with Crippen molar-refractivity contribution in [3.05, 3.63) is 0 Å². The maximum Gasteiger partial charge on any atom is 0.267 e. The van der Waals surface area contributed by atoms with Crippen LogP contribution in [0.2, 0.25) is 0 Å². The lowest BCUT2D eigenvalue weighted by Crippen LogP contribution is -2.11. The van der Waals surface area contributed by atoms with Crippen LogP contribution in [0.5, 0.6) is 0 Å². The van der Waals surface area contributed by atoms with Gasteiger partial charge in [0.1, 0.15) is 0 Å². The zero-order valence-corrected chi connectivity index (χ0v) is 10.8. The quantitative estimate of drug-likeness (QED) is 0.376. The summed E-state index contributed by atoms with van der Waals surface area (Å²) in [6.45, 7) is 0.282. The van der Waals surface area contributed by atoms with Gasteiger partial charge in [0.25, 0.3) is 10.1 Å². The summed E-state index contributed by atoms with van der Waals surface area (Å²) in [7, 11) is -3.29. The third-order valence-corrected chi connectivity index (χ3v) is 3.56. The minimum Gasteiger partial charge on any atom is -0.270 e. The Kier molecular flexibility index (Phi) is 9.27. The zero-order chi connectivity index (χ0) is 10.9. The smallest absolute Gasteiger partial charge is 0.267 e. The molecule has 0 aromatic rings. The van der Waals surface area contributed by atoms with Crippen LogP contribution in [-0.2, 0) is 14.3 Å². The van der Waals surface area contributed by atoms with Crippen molar-refractivity contribution < 1.29 is 12.6 Å². The number of hydrogen-bond donors (Lipinski definition) is 2. The van der Waals surface area contributed by atoms with Gasteiger partial charge in [0.2, 0.25) is 0 Å². The molecule has 0 aliphatic carbocycles. The molecular weight excluding hydrogens is 240 g/mol. The van der Waals surface area contributed by atoms with Crippen LogP contribution in [0.3, 0.4) is 0 Å². The molecule has 0 aromatic carbocycles. The maximum absolute atomic E-state index is 11.2. The van der Waals surface area contributed by atoms with Crippen molar-refractivity contribution in [2.24, 2.45) is 0 Å². The van der Waals surface area contributed by atoms with Crippen LogP contribution in [0, 0.1) is 0 Å². The molecule has 0 aliphatic heterocycles. The minimum atomic E-state index is -3.29. The molecule has 0 N–H and O–H groups in total. The molecule has 0 amide bonds. The number of thiol groups is 2. The molecule has 0 saturated heterocycles. The van der Waals surface area contributed by atoms with E-state index < -0.39 is 10.1 Å². The Morgan fingerprint density at radius 1 is 0.929 bits per heavy atom. The molecular formula is C8H18O3S3. The van der Waals surface area contributed by atoms with Crippen molar-refractivity contribution in [2.45, 2.75) is 25.7 Å². The van der Waals surface area contributed by atoms with Gasteiger partial charge < -0.3 is 0 Å². The first-order valence-electron chi connectivity index (χ1n) is 4.71. The van der Waals surface area contributed by atoms with Gasteiger partial charge in [-0.15, -0.1) is 0 Å². The SMILES string of the molecule is O=S(=O)(CCCCS)OCCCCS. The van der Waals surface area contributed by atoms with E-state index >= 15 is 0 Å². The first-order valence-corrected chi connectivity index (χ1v) is 7.55. The molecule has 6 heteroatoms. The molecule has 0 heterocycles. The third kappa shape index (κ3) is 9.18. The van der Waals surface area contributed by atoms with Gasteiger partial charge in [-0.25, -0.2) is 0 Å². The molecule has 0 saturated carbocycles. The van der Waals surface area contributed by atoms with Gasteiger partial charge >= 0.3 is 0 Å². The van der Waals surface area contributed by atoms with E-state index in [0.29, 0.717) is 6.42 Å². The Morgan fingerprint density at radius 2 is 1.50 bits per heavy atom. The number of hydrogen-bond acceptors (Lipinski definition) is 5. The van der Waals surface area contributed by atoms with Crippen LogP contribution in [0.1, 0.15) is 25.7 Å². The van der Waals surface area contributed by atoms with E-state index in [-0.39, 0.29) is 12.4 Å². The predicted molar refractivity (Wildman–Crippen MR) is 65.9 cm³/mol. The fraction of sp³-hybridized carbons (Fsp3) is 1.00. The fourth-order valence-corrected chi connectivity index (χ4v) is 2.34. The lowest BCUT2D eigenvalue weighted by molar-refractivity contribution is 0.311. The van der Waals surface area contributed by atoms with Crippen molar-refractivity contribution in [1.82, 2.24) is 0 Å². The van der Waals surface area contributed by atoms with E-state index in [1.54, 1.807) is 0 Å². The van der Waals surface area contributed by atoms with Crippen LogP contribution >= 0.6 is 25.3 Å². The van der Waals surface area contributed by atoms with Gasteiger partial charge in [-0.05, 0) is 37.2 Å². The molecule has 0 aliphatic rings. The monoisotopic (exact) mass is 258 g/mol. The molecule has 0 bridgehead atoms. The summed E-state index contributed by atoms with van der Waals surface area (Å²) in [5.74, 6) is 1.59. The van der Waals surface area contributed by atoms with Crippen molar-refractivity contribution in [1.29, 1.82) is 0 Å². The lowest BCUT2D eigenvalue weighted by atomic mass is 10.4. The molecule has 14 heavy (non-hydrogen) atoms. The highest BCUT2D eigenvalue weighted by Gasteiger charge is 2.09. The Balaban J connectivity index is 3.52. The van der Waals surface area contributed by atoms with E-state index in [1.165, 1.54) is 0 Å². The average Bonchev–Trinajstić information content (AvgIpc) is 2.13. The van der Waals surface area contributed by atoms with Crippen LogP contribution < -0.4 is 0 Å². The largest absolute Gasteiger partial charge is 0.270 e. The lowest BCUT2D eigenvalue weighted by Gasteiger charge is -2.04. The van der Waals surface area contributed by atoms with Gasteiger partial charge in [-0.2, -0.15) is 33.7 Å². The summed E-state index contributed by atoms with van der Waals surface area (Å²) in [5, 5.41) is 0. The predicted octanol–water partition coefficient (Wildman–Crippen LogP) is 1.75. The number of rotatable bonds is 9. The topological polar surface area (TPSA) is 43.4 Å². The normalized spacial score (nSPS) is 11.9. The standard InChI is InChI=1S/C8H18O3S3/c9-14(10,8-4-3-7-13)11-5-1-2-6-12/h12-13H,1-8H2. The van der Waals surface area contributed by atoms with Crippen molar-refractivity contribution in [3.63, 3.8) is 0 Å². The number of unbranched alkanes of at least 4 members (excludes halogenated alkanes) is 2. The minimum absolute atomic E-state index is 0.106. The summed E-state index contributed by atoms with van der Waals surface area (Å²) in [6.07, 6.45) is 3.06. The molecule has 0 aromatic heterocycles. The first kappa shape index (κ1) is 14.6. The Morgan fingerprint density at radius 3 is 2.07 bits per heavy atom. The molecule has 0 fully saturated rings. The highest BCUT2D eigenvalue weighted by molar-refractivity contribution is 7.86. The summed E-state index contributed by atoms with van der Waals surface area (Å²) in [5.41, 5.74) is 0. The van der Waals surface area contributed by atoms with E-state index in [9.17, 15) is 8.42 Å². The van der Waals surface area contributed by atoms with E-state index in [4.69, 9.17) is 4.18 Å². The van der Waals surface area contributed by atoms with Gasteiger partial charge in [-0.1, -0.05) is 0 Å². The first-order chi connectivity index (χ1) is 6.62. The summed E-state index contributed by atoms with van der Waals surface area (Å²) in [6, 6.07) is 0. The molecule has 0 atom stereocenters. The van der Waals surface area contributed by atoms with Crippen molar-refractivity contribution in [2.75, 3.05) is 23.9 Å². The van der Waals surface area contributed by atoms with Gasteiger partial charge in [0.05, 0.1) is 12.4 Å². The Bertz CT molecular complexity index is 214. The third-order valence-electron chi connectivity index (χ3n) is 1.62. The molecule has 0 spiro atoms. The maximum atomic E-state index is 11.2. The van der Waals surface area contributed by atoms with Crippen LogP contribution in [0.25, 0.3) is 0 Å². The van der Waals surface area contributed by atoms with Gasteiger partial charge in [-0.3, -0.25) is 4.18 Å². The average molecular weight is 258 g/mol. The van der Waals surface area contributed by atoms with Gasteiger partial charge in [0, 0.05) is 0 Å². The second kappa shape index (κ2) is 8.88.